The predicted molar refractivity (Wildman–Crippen MR) is 104 cm³/mol. The zero-order chi connectivity index (χ0) is 18.7. The molecule has 26 heavy (non-hydrogen) atoms. The third-order valence-electron chi connectivity index (χ3n) is 4.87. The molecule has 1 aliphatic heterocycles. The predicted octanol–water partition coefficient (Wildman–Crippen LogP) is 2.69. The average Bonchev–Trinajstić information content (AvgIpc) is 3.14. The van der Waals surface area contributed by atoms with Crippen LogP contribution < -0.4 is 0 Å². The fourth-order valence-corrected chi connectivity index (χ4v) is 4.86. The number of hydrogen-bond donors (Lipinski definition) is 1. The number of halogens is 1. The molecule has 5 nitrogen and oxygen atoms in total. The van der Waals surface area contributed by atoms with Crippen LogP contribution in [0.25, 0.3) is 11.1 Å². The average molecular weight is 395 g/mol. The minimum Gasteiger partial charge on any atom is -0.395 e. The Kier molecular flexibility index (Phi) is 5.99. The zero-order valence-electron chi connectivity index (χ0n) is 14.7. The summed E-state index contributed by atoms with van der Waals surface area (Å²) in [5.74, 6) is 0. The maximum absolute atomic E-state index is 12.9. The van der Waals surface area contributed by atoms with Crippen molar-refractivity contribution in [2.24, 2.45) is 0 Å². The number of benzene rings is 2. The maximum Gasteiger partial charge on any atom is 0.243 e. The van der Waals surface area contributed by atoms with Gasteiger partial charge in [-0.3, -0.25) is 4.90 Å². The Morgan fingerprint density at radius 2 is 1.69 bits per heavy atom. The highest BCUT2D eigenvalue weighted by Gasteiger charge is 2.34. The number of aliphatic hydroxyl groups is 1. The molecule has 1 atom stereocenters. The second-order valence-corrected chi connectivity index (χ2v) is 8.92. The number of aliphatic hydroxyl groups excluding tert-OH is 1. The summed E-state index contributed by atoms with van der Waals surface area (Å²) >= 11 is 5.91. The molecule has 1 fully saturated rings. The van der Waals surface area contributed by atoms with E-state index in [-0.39, 0.29) is 12.6 Å². The quantitative estimate of drug-likeness (QED) is 0.818. The Morgan fingerprint density at radius 3 is 2.27 bits per heavy atom. The second-order valence-electron chi connectivity index (χ2n) is 6.54. The van der Waals surface area contributed by atoms with Crippen LogP contribution in [-0.2, 0) is 10.0 Å². The van der Waals surface area contributed by atoms with E-state index in [0.717, 1.165) is 17.5 Å². The fourth-order valence-electron chi connectivity index (χ4n) is 3.24. The molecule has 3 rings (SSSR count). The molecule has 0 radical (unpaired) electrons. The van der Waals surface area contributed by atoms with Gasteiger partial charge in [0.15, 0.2) is 0 Å². The van der Waals surface area contributed by atoms with Crippen molar-refractivity contribution in [2.75, 3.05) is 33.3 Å². The second kappa shape index (κ2) is 8.06. The van der Waals surface area contributed by atoms with Crippen LogP contribution in [0.15, 0.2) is 53.4 Å². The molecule has 1 unspecified atom stereocenters. The molecule has 140 valence electrons. The van der Waals surface area contributed by atoms with Crippen molar-refractivity contribution in [3.05, 3.63) is 53.6 Å². The number of sulfonamides is 1. The van der Waals surface area contributed by atoms with Crippen molar-refractivity contribution in [1.29, 1.82) is 0 Å². The Labute approximate surface area is 159 Å². The van der Waals surface area contributed by atoms with Crippen molar-refractivity contribution in [3.63, 3.8) is 0 Å². The van der Waals surface area contributed by atoms with Crippen LogP contribution in [0.3, 0.4) is 0 Å². The molecule has 1 heterocycles. The fraction of sp³-hybridized carbons (Fsp3) is 0.368. The Bertz CT molecular complexity index is 838. The topological polar surface area (TPSA) is 60.9 Å². The molecular formula is C19H23ClN2O3S. The molecule has 2 aromatic carbocycles. The van der Waals surface area contributed by atoms with E-state index in [1.807, 2.05) is 48.3 Å². The van der Waals surface area contributed by atoms with Gasteiger partial charge < -0.3 is 5.11 Å². The first-order valence-corrected chi connectivity index (χ1v) is 10.4. The van der Waals surface area contributed by atoms with Crippen molar-refractivity contribution in [3.8, 4) is 11.1 Å². The van der Waals surface area contributed by atoms with Gasteiger partial charge in [-0.15, -0.1) is 0 Å². The van der Waals surface area contributed by atoms with E-state index in [9.17, 15) is 8.42 Å². The molecule has 0 aromatic heterocycles. The van der Waals surface area contributed by atoms with Crippen molar-refractivity contribution >= 4 is 21.6 Å². The summed E-state index contributed by atoms with van der Waals surface area (Å²) in [5.41, 5.74) is 1.94. The lowest BCUT2D eigenvalue weighted by Crippen LogP contribution is -2.37. The Morgan fingerprint density at radius 1 is 1.12 bits per heavy atom. The van der Waals surface area contributed by atoms with Crippen molar-refractivity contribution < 1.29 is 13.5 Å². The van der Waals surface area contributed by atoms with E-state index in [2.05, 4.69) is 0 Å². The van der Waals surface area contributed by atoms with Gasteiger partial charge in [0.05, 0.1) is 11.5 Å². The first-order valence-electron chi connectivity index (χ1n) is 8.59. The molecule has 2 aromatic rings. The van der Waals surface area contributed by atoms with Gasteiger partial charge in [0, 0.05) is 30.7 Å². The monoisotopic (exact) mass is 394 g/mol. The summed E-state index contributed by atoms with van der Waals surface area (Å²) in [5, 5.41) is 9.72. The molecule has 0 spiro atoms. The Balaban J connectivity index is 1.75. The van der Waals surface area contributed by atoms with E-state index in [1.54, 1.807) is 12.1 Å². The van der Waals surface area contributed by atoms with E-state index >= 15 is 0 Å². The highest BCUT2D eigenvalue weighted by Crippen LogP contribution is 2.26. The van der Waals surface area contributed by atoms with Crippen LogP contribution >= 0.6 is 11.6 Å². The SMILES string of the molecule is CN(CCO)C1CCN(S(=O)(=O)c2ccc(-c3ccc(Cl)cc3)cc2)C1. The molecule has 0 amide bonds. The smallest absolute Gasteiger partial charge is 0.243 e. The maximum atomic E-state index is 12.9. The van der Waals surface area contributed by atoms with Crippen LogP contribution in [0, 0.1) is 0 Å². The molecular weight excluding hydrogens is 372 g/mol. The minimum absolute atomic E-state index is 0.0753. The number of likely N-dealkylation sites (N-methyl/N-ethyl adjacent to an activating group) is 1. The molecule has 0 saturated carbocycles. The number of nitrogens with zero attached hydrogens (tertiary/aromatic N) is 2. The summed E-state index contributed by atoms with van der Waals surface area (Å²) in [7, 11) is -1.59. The van der Waals surface area contributed by atoms with E-state index in [1.165, 1.54) is 4.31 Å². The van der Waals surface area contributed by atoms with Crippen molar-refractivity contribution in [2.45, 2.75) is 17.4 Å². The third-order valence-corrected chi connectivity index (χ3v) is 7.00. The number of rotatable bonds is 6. The zero-order valence-corrected chi connectivity index (χ0v) is 16.2. The normalized spacial score (nSPS) is 18.5. The highest BCUT2D eigenvalue weighted by atomic mass is 35.5. The molecule has 1 N–H and O–H groups in total. The third kappa shape index (κ3) is 4.10. The molecule has 0 bridgehead atoms. The lowest BCUT2D eigenvalue weighted by Gasteiger charge is -2.23. The molecule has 1 saturated heterocycles. The largest absolute Gasteiger partial charge is 0.395 e. The van der Waals surface area contributed by atoms with E-state index < -0.39 is 10.0 Å². The van der Waals surface area contributed by atoms with Crippen LogP contribution in [0.5, 0.6) is 0 Å². The molecule has 0 aliphatic carbocycles. The lowest BCUT2D eigenvalue weighted by atomic mass is 10.1. The van der Waals surface area contributed by atoms with Gasteiger partial charge in [0.25, 0.3) is 0 Å². The first kappa shape index (κ1) is 19.3. The van der Waals surface area contributed by atoms with Gasteiger partial charge in [0.1, 0.15) is 0 Å². The highest BCUT2D eigenvalue weighted by molar-refractivity contribution is 7.89. The summed E-state index contributed by atoms with van der Waals surface area (Å²) in [4.78, 5) is 2.32. The van der Waals surface area contributed by atoms with E-state index in [4.69, 9.17) is 16.7 Å². The van der Waals surface area contributed by atoms with Gasteiger partial charge in [-0.25, -0.2) is 8.42 Å². The summed E-state index contributed by atoms with van der Waals surface area (Å²) in [6.07, 6.45) is 0.776. The van der Waals surface area contributed by atoms with E-state index in [0.29, 0.717) is 29.6 Å². The summed E-state index contributed by atoms with van der Waals surface area (Å²) in [6.45, 7) is 1.58. The van der Waals surface area contributed by atoms with Crippen LogP contribution in [0.2, 0.25) is 5.02 Å². The van der Waals surface area contributed by atoms with Crippen LogP contribution in [0.1, 0.15) is 6.42 Å². The standard InChI is InChI=1S/C19H23ClN2O3S/c1-21(12-13-23)18-10-11-22(14-18)26(24,25)19-8-4-16(5-9-19)15-2-6-17(20)7-3-15/h2-9,18,23H,10-14H2,1H3. The molecule has 7 heteroatoms. The van der Waals surface area contributed by atoms with Gasteiger partial charge >= 0.3 is 0 Å². The van der Waals surface area contributed by atoms with Crippen LogP contribution in [-0.4, -0.2) is 62.1 Å². The first-order chi connectivity index (χ1) is 12.4. The lowest BCUT2D eigenvalue weighted by molar-refractivity contribution is 0.184. The Hall–Kier alpha value is -1.44. The van der Waals surface area contributed by atoms with Crippen LogP contribution in [0.4, 0.5) is 0 Å². The van der Waals surface area contributed by atoms with Gasteiger partial charge in [-0.2, -0.15) is 4.31 Å². The van der Waals surface area contributed by atoms with Gasteiger partial charge in [-0.05, 0) is 48.9 Å². The molecule has 1 aliphatic rings. The van der Waals surface area contributed by atoms with Gasteiger partial charge in [-0.1, -0.05) is 35.9 Å². The van der Waals surface area contributed by atoms with Crippen molar-refractivity contribution in [1.82, 2.24) is 9.21 Å². The summed E-state index contributed by atoms with van der Waals surface area (Å²) in [6, 6.07) is 14.5. The number of hydrogen-bond acceptors (Lipinski definition) is 4. The minimum atomic E-state index is -3.50. The van der Waals surface area contributed by atoms with Gasteiger partial charge in [0.2, 0.25) is 10.0 Å². The summed E-state index contributed by atoms with van der Waals surface area (Å²) < 4.78 is 27.3.